The highest BCUT2D eigenvalue weighted by Crippen LogP contribution is 2.25. The van der Waals surface area contributed by atoms with Crippen molar-refractivity contribution in [3.05, 3.63) is 78.1 Å². The molecule has 0 radical (unpaired) electrons. The molecule has 0 bridgehead atoms. The quantitative estimate of drug-likeness (QED) is 0.414. The number of fused-ring (bicyclic) bond motifs is 1. The zero-order chi connectivity index (χ0) is 21.0. The predicted molar refractivity (Wildman–Crippen MR) is 114 cm³/mol. The first-order chi connectivity index (χ1) is 14.5. The number of urea groups is 1. The third-order valence-corrected chi connectivity index (χ3v) is 5.86. The molecule has 0 fully saturated rings. The Morgan fingerprint density at radius 3 is 2.63 bits per heavy atom. The molecule has 5 N–H and O–H groups in total. The van der Waals surface area contributed by atoms with E-state index in [9.17, 15) is 13.2 Å². The van der Waals surface area contributed by atoms with Crippen molar-refractivity contribution < 1.29 is 13.2 Å². The zero-order valence-corrected chi connectivity index (χ0v) is 16.7. The number of amides is 2. The molecular weight excluding hydrogens is 404 g/mol. The fraction of sp³-hybridized carbons (Fsp3) is 0.100. The Morgan fingerprint density at radius 2 is 1.87 bits per heavy atom. The second-order valence-corrected chi connectivity index (χ2v) is 8.33. The standard InChI is InChI=1S/C20H20N6O3S/c27-20(22-12-14-2-1-9-21-11-14)24-16-5-7-18(8-6-16)30(28,29)26-17-4-3-15-13-23-25-19(15)10-17/h1-11,23,25-26H,12-13H2,(H2,22,24,27). The highest BCUT2D eigenvalue weighted by atomic mass is 32.2. The summed E-state index contributed by atoms with van der Waals surface area (Å²) in [7, 11) is -3.76. The van der Waals surface area contributed by atoms with Crippen LogP contribution in [0.4, 0.5) is 21.9 Å². The second-order valence-electron chi connectivity index (χ2n) is 6.65. The smallest absolute Gasteiger partial charge is 0.319 e. The molecule has 1 aromatic heterocycles. The topological polar surface area (TPSA) is 124 Å². The molecule has 0 saturated heterocycles. The number of carbonyl (C=O) groups excluding carboxylic acids is 1. The molecule has 10 heteroatoms. The van der Waals surface area contributed by atoms with Crippen LogP contribution in [0, 0.1) is 0 Å². The molecule has 0 saturated carbocycles. The van der Waals surface area contributed by atoms with Crippen LogP contribution in [0.1, 0.15) is 11.1 Å². The van der Waals surface area contributed by atoms with E-state index in [0.717, 1.165) is 16.8 Å². The molecule has 2 heterocycles. The number of hydrogen-bond acceptors (Lipinski definition) is 6. The third-order valence-electron chi connectivity index (χ3n) is 4.46. The van der Waals surface area contributed by atoms with Crippen molar-refractivity contribution in [1.29, 1.82) is 0 Å². The monoisotopic (exact) mass is 424 g/mol. The first-order valence-electron chi connectivity index (χ1n) is 9.18. The van der Waals surface area contributed by atoms with E-state index in [1.807, 2.05) is 12.1 Å². The van der Waals surface area contributed by atoms with Crippen molar-refractivity contribution in [1.82, 2.24) is 15.7 Å². The van der Waals surface area contributed by atoms with E-state index in [0.29, 0.717) is 24.5 Å². The Morgan fingerprint density at radius 1 is 1.07 bits per heavy atom. The van der Waals surface area contributed by atoms with Crippen LogP contribution < -0.4 is 26.2 Å². The fourth-order valence-corrected chi connectivity index (χ4v) is 3.99. The van der Waals surface area contributed by atoms with Crippen molar-refractivity contribution in [2.75, 3.05) is 15.5 Å². The highest BCUT2D eigenvalue weighted by molar-refractivity contribution is 7.92. The number of sulfonamides is 1. The Balaban J connectivity index is 1.36. The molecule has 2 aromatic carbocycles. The Hall–Kier alpha value is -3.63. The van der Waals surface area contributed by atoms with Gasteiger partial charge < -0.3 is 16.1 Å². The van der Waals surface area contributed by atoms with Crippen molar-refractivity contribution in [3.8, 4) is 0 Å². The summed E-state index contributed by atoms with van der Waals surface area (Å²) >= 11 is 0. The second kappa shape index (κ2) is 8.39. The maximum absolute atomic E-state index is 12.6. The fourth-order valence-electron chi connectivity index (χ4n) is 2.94. The molecule has 30 heavy (non-hydrogen) atoms. The van der Waals surface area contributed by atoms with Crippen molar-refractivity contribution in [3.63, 3.8) is 0 Å². The zero-order valence-electron chi connectivity index (χ0n) is 15.8. The molecular formula is C20H20N6O3S. The van der Waals surface area contributed by atoms with Crippen LogP contribution >= 0.6 is 0 Å². The number of anilines is 3. The van der Waals surface area contributed by atoms with E-state index in [2.05, 4.69) is 31.2 Å². The summed E-state index contributed by atoms with van der Waals surface area (Å²) in [5, 5.41) is 5.38. The minimum absolute atomic E-state index is 0.0930. The lowest BCUT2D eigenvalue weighted by atomic mass is 10.2. The van der Waals surface area contributed by atoms with E-state index >= 15 is 0 Å². The predicted octanol–water partition coefficient (Wildman–Crippen LogP) is 2.63. The van der Waals surface area contributed by atoms with Crippen LogP contribution in [0.3, 0.4) is 0 Å². The SMILES string of the molecule is O=C(NCc1cccnc1)Nc1ccc(S(=O)(=O)Nc2ccc3c(c2)NNC3)cc1. The van der Waals surface area contributed by atoms with Gasteiger partial charge in [0.15, 0.2) is 0 Å². The van der Waals surface area contributed by atoms with Crippen LogP contribution in [-0.4, -0.2) is 19.4 Å². The van der Waals surface area contributed by atoms with Crippen molar-refractivity contribution in [2.45, 2.75) is 18.0 Å². The molecule has 154 valence electrons. The van der Waals surface area contributed by atoms with E-state index in [1.54, 1.807) is 30.6 Å². The van der Waals surface area contributed by atoms with Gasteiger partial charge in [-0.15, -0.1) is 0 Å². The lowest BCUT2D eigenvalue weighted by Gasteiger charge is -2.11. The van der Waals surface area contributed by atoms with Gasteiger partial charge in [0.25, 0.3) is 10.0 Å². The molecule has 0 atom stereocenters. The summed E-state index contributed by atoms with van der Waals surface area (Å²) in [4.78, 5) is 16.1. The van der Waals surface area contributed by atoms with Gasteiger partial charge in [0, 0.05) is 31.2 Å². The van der Waals surface area contributed by atoms with Gasteiger partial charge in [-0.05, 0) is 53.6 Å². The summed E-state index contributed by atoms with van der Waals surface area (Å²) in [6, 6.07) is 14.5. The molecule has 2 amide bonds. The van der Waals surface area contributed by atoms with Gasteiger partial charge in [0.05, 0.1) is 16.3 Å². The first kappa shape index (κ1) is 19.7. The summed E-state index contributed by atoms with van der Waals surface area (Å²) in [6.45, 7) is 1.02. The Kier molecular flexibility index (Phi) is 5.50. The first-order valence-corrected chi connectivity index (χ1v) is 10.7. The van der Waals surface area contributed by atoms with Gasteiger partial charge in [0.1, 0.15) is 0 Å². The number of benzene rings is 2. The van der Waals surface area contributed by atoms with E-state index in [1.165, 1.54) is 24.3 Å². The number of nitrogens with zero attached hydrogens (tertiary/aromatic N) is 1. The number of rotatable bonds is 6. The number of pyridine rings is 1. The third kappa shape index (κ3) is 4.67. The highest BCUT2D eigenvalue weighted by Gasteiger charge is 2.16. The lowest BCUT2D eigenvalue weighted by molar-refractivity contribution is 0.251. The van der Waals surface area contributed by atoms with Gasteiger partial charge in [-0.1, -0.05) is 12.1 Å². The molecule has 3 aromatic rings. The lowest BCUT2D eigenvalue weighted by Crippen LogP contribution is -2.28. The van der Waals surface area contributed by atoms with Gasteiger partial charge in [-0.3, -0.25) is 9.71 Å². The van der Waals surface area contributed by atoms with Crippen LogP contribution in [-0.2, 0) is 23.1 Å². The number of aromatic nitrogens is 1. The number of carbonyl (C=O) groups is 1. The number of hydrogen-bond donors (Lipinski definition) is 5. The molecule has 0 spiro atoms. The van der Waals surface area contributed by atoms with Gasteiger partial charge in [-0.25, -0.2) is 18.6 Å². The number of nitrogens with one attached hydrogen (secondary N) is 5. The van der Waals surface area contributed by atoms with Gasteiger partial charge in [0.2, 0.25) is 0 Å². The largest absolute Gasteiger partial charge is 0.334 e. The van der Waals surface area contributed by atoms with Crippen molar-refractivity contribution in [2.24, 2.45) is 0 Å². The molecule has 9 nitrogen and oxygen atoms in total. The summed E-state index contributed by atoms with van der Waals surface area (Å²) < 4.78 is 27.8. The van der Waals surface area contributed by atoms with E-state index in [-0.39, 0.29) is 4.90 Å². The number of hydrazine groups is 1. The Labute approximate surface area is 173 Å². The summed E-state index contributed by atoms with van der Waals surface area (Å²) in [5.74, 6) is 0. The minimum Gasteiger partial charge on any atom is -0.334 e. The molecule has 0 unspecified atom stereocenters. The molecule has 1 aliphatic rings. The van der Waals surface area contributed by atoms with Gasteiger partial charge >= 0.3 is 6.03 Å². The average molecular weight is 424 g/mol. The summed E-state index contributed by atoms with van der Waals surface area (Å²) in [5.41, 5.74) is 9.67. The van der Waals surface area contributed by atoms with Crippen LogP contribution in [0.5, 0.6) is 0 Å². The molecule has 0 aliphatic carbocycles. The van der Waals surface area contributed by atoms with E-state index < -0.39 is 16.1 Å². The van der Waals surface area contributed by atoms with Crippen molar-refractivity contribution >= 4 is 33.1 Å². The average Bonchev–Trinajstić information content (AvgIpc) is 3.21. The minimum atomic E-state index is -3.76. The van der Waals surface area contributed by atoms with E-state index in [4.69, 9.17) is 0 Å². The van der Waals surface area contributed by atoms with Crippen LogP contribution in [0.15, 0.2) is 71.9 Å². The maximum atomic E-state index is 12.6. The maximum Gasteiger partial charge on any atom is 0.319 e. The molecule has 1 aliphatic heterocycles. The normalized spacial score (nSPS) is 12.5. The van der Waals surface area contributed by atoms with Gasteiger partial charge in [-0.2, -0.15) is 0 Å². The van der Waals surface area contributed by atoms with Crippen LogP contribution in [0.25, 0.3) is 0 Å². The van der Waals surface area contributed by atoms with Crippen LogP contribution in [0.2, 0.25) is 0 Å². The molecule has 4 rings (SSSR count). The summed E-state index contributed by atoms with van der Waals surface area (Å²) in [6.07, 6.45) is 3.33. The Bertz CT molecular complexity index is 1150.